The number of hydrogen-bond donors (Lipinski definition) is 0. The van der Waals surface area contributed by atoms with Gasteiger partial charge < -0.3 is 4.98 Å². The summed E-state index contributed by atoms with van der Waals surface area (Å²) in [7, 11) is 0. The van der Waals surface area contributed by atoms with Crippen molar-refractivity contribution in [1.82, 2.24) is 14.4 Å². The van der Waals surface area contributed by atoms with Crippen LogP contribution in [0.25, 0.3) is 60.6 Å². The third-order valence-corrected chi connectivity index (χ3v) is 12.8. The largest absolute Gasteiger partial charge is 0.305 e. The summed E-state index contributed by atoms with van der Waals surface area (Å²) in [4.78, 5) is 9.17. The molecule has 5 heteroatoms. The molecule has 46 heavy (non-hydrogen) atoms. The Kier molecular flexibility index (Phi) is 9.16. The molecule has 0 aliphatic rings. The van der Waals surface area contributed by atoms with Gasteiger partial charge >= 0.3 is 192 Å². The van der Waals surface area contributed by atoms with E-state index in [9.17, 15) is 0 Å². The minimum Gasteiger partial charge on any atom is -0.305 e. The summed E-state index contributed by atoms with van der Waals surface area (Å²) in [5, 5.41) is 5.21. The molecule has 0 fully saturated rings. The van der Waals surface area contributed by atoms with Crippen molar-refractivity contribution < 1.29 is 20.1 Å². The fourth-order valence-electron chi connectivity index (χ4n) is 6.52. The summed E-state index contributed by atoms with van der Waals surface area (Å²) >= 11 is -1.99. The van der Waals surface area contributed by atoms with E-state index in [0.29, 0.717) is 5.92 Å². The molecule has 4 aromatic heterocycles. The van der Waals surface area contributed by atoms with E-state index in [1.165, 1.54) is 48.1 Å². The van der Waals surface area contributed by atoms with Crippen LogP contribution in [0.3, 0.4) is 0 Å². The predicted molar refractivity (Wildman–Crippen MR) is 193 cm³/mol. The summed E-state index contributed by atoms with van der Waals surface area (Å²) < 4.78 is 3.93. The van der Waals surface area contributed by atoms with Gasteiger partial charge in [-0.15, -0.1) is 35.9 Å². The molecule has 4 aromatic carbocycles. The van der Waals surface area contributed by atoms with Crippen LogP contribution in [0.2, 0.25) is 17.3 Å². The van der Waals surface area contributed by atoms with Gasteiger partial charge in [-0.3, -0.25) is 0 Å². The number of rotatable bonds is 5. The maximum absolute atomic E-state index is 4.95. The van der Waals surface area contributed by atoms with Gasteiger partial charge in [-0.25, -0.2) is 0 Å². The fourth-order valence-corrected chi connectivity index (χ4v) is 9.86. The molecule has 0 saturated heterocycles. The van der Waals surface area contributed by atoms with Gasteiger partial charge in [-0.1, -0.05) is 18.2 Å². The molecular weight excluding hydrogens is 799 g/mol. The third-order valence-electron chi connectivity index (χ3n) is 8.51. The van der Waals surface area contributed by atoms with Crippen LogP contribution in [0.15, 0.2) is 116 Å². The molecule has 8 rings (SSSR count). The van der Waals surface area contributed by atoms with Crippen molar-refractivity contribution in [3.63, 3.8) is 0 Å². The quantitative estimate of drug-likeness (QED) is 0.128. The predicted octanol–water partition coefficient (Wildman–Crippen LogP) is 9.99. The van der Waals surface area contributed by atoms with E-state index in [2.05, 4.69) is 119 Å². The van der Waals surface area contributed by atoms with E-state index in [1.807, 2.05) is 42.5 Å². The second-order valence-electron chi connectivity index (χ2n) is 13.3. The molecule has 0 bridgehead atoms. The van der Waals surface area contributed by atoms with E-state index in [4.69, 9.17) is 4.98 Å². The topological polar surface area (TPSA) is 30.2 Å². The molecule has 0 aliphatic heterocycles. The average Bonchev–Trinajstić information content (AvgIpc) is 3.57. The fraction of sp³-hybridized carbons (Fsp3) is 0.171. The number of para-hydroxylation sites is 2. The number of hydrogen-bond acceptors (Lipinski definition) is 2. The van der Waals surface area contributed by atoms with Crippen LogP contribution in [0, 0.1) is 18.1 Å². The van der Waals surface area contributed by atoms with Crippen LogP contribution in [-0.4, -0.2) is 27.6 Å². The molecule has 0 amide bonds. The van der Waals surface area contributed by atoms with Gasteiger partial charge in [0.05, 0.1) is 0 Å². The number of pyridine rings is 2. The Hall–Kier alpha value is -3.83. The Morgan fingerprint density at radius 1 is 0.696 bits per heavy atom. The smallest absolute Gasteiger partial charge is 0.0160 e. The number of nitrogens with zero attached hydrogens (tertiary/aromatic N) is 3. The molecular formula is C41H37GeIrN3-2. The average molecular weight is 837 g/mol. The van der Waals surface area contributed by atoms with Crippen molar-refractivity contribution in [3.05, 3.63) is 133 Å². The maximum atomic E-state index is 4.95. The third kappa shape index (κ3) is 6.02. The first-order valence-electron chi connectivity index (χ1n) is 15.8. The minimum absolute atomic E-state index is 0. The van der Waals surface area contributed by atoms with Gasteiger partial charge in [-0.05, 0) is 11.8 Å². The molecule has 0 aliphatic carbocycles. The Morgan fingerprint density at radius 3 is 2.15 bits per heavy atom. The molecule has 0 unspecified atom stereocenters. The molecule has 8 aromatic rings. The van der Waals surface area contributed by atoms with Crippen molar-refractivity contribution in [2.45, 2.75) is 37.5 Å². The first-order chi connectivity index (χ1) is 21.8. The minimum atomic E-state index is -1.99. The number of fused-ring (bicyclic) bond motifs is 6. The van der Waals surface area contributed by atoms with Crippen molar-refractivity contribution in [3.8, 4) is 22.5 Å². The Morgan fingerprint density at radius 2 is 1.43 bits per heavy atom. The van der Waals surface area contributed by atoms with Gasteiger partial charge in [0.2, 0.25) is 0 Å². The van der Waals surface area contributed by atoms with Crippen molar-refractivity contribution in [2.24, 2.45) is 5.92 Å². The van der Waals surface area contributed by atoms with Gasteiger partial charge in [0.15, 0.2) is 0 Å². The van der Waals surface area contributed by atoms with Gasteiger partial charge in [0.1, 0.15) is 0 Å². The number of aromatic nitrogens is 3. The van der Waals surface area contributed by atoms with Crippen LogP contribution in [0.4, 0.5) is 0 Å². The summed E-state index contributed by atoms with van der Waals surface area (Å²) in [6, 6.07) is 42.6. The molecule has 3 nitrogen and oxygen atoms in total. The monoisotopic (exact) mass is 838 g/mol. The van der Waals surface area contributed by atoms with E-state index in [0.717, 1.165) is 28.9 Å². The van der Waals surface area contributed by atoms with Crippen LogP contribution < -0.4 is 4.40 Å². The van der Waals surface area contributed by atoms with Crippen LogP contribution in [-0.2, 0) is 26.5 Å². The Labute approximate surface area is 287 Å². The summed E-state index contributed by atoms with van der Waals surface area (Å²) in [5.74, 6) is 8.01. The zero-order chi connectivity index (χ0) is 31.1. The normalized spacial score (nSPS) is 11.7. The summed E-state index contributed by atoms with van der Waals surface area (Å²) in [6.45, 7) is 4.61. The van der Waals surface area contributed by atoms with Crippen molar-refractivity contribution in [2.75, 3.05) is 0 Å². The van der Waals surface area contributed by atoms with E-state index < -0.39 is 13.3 Å². The molecule has 0 atom stereocenters. The molecule has 4 heterocycles. The zero-order valence-corrected chi connectivity index (χ0v) is 31.4. The van der Waals surface area contributed by atoms with Gasteiger partial charge in [-0.2, -0.15) is 0 Å². The van der Waals surface area contributed by atoms with Crippen LogP contribution >= 0.6 is 0 Å². The second-order valence-corrected chi connectivity index (χ2v) is 23.8. The first-order valence-corrected chi connectivity index (χ1v) is 23.1. The van der Waals surface area contributed by atoms with Crippen LogP contribution in [0.1, 0.15) is 19.4 Å². The zero-order valence-electron chi connectivity index (χ0n) is 26.9. The van der Waals surface area contributed by atoms with Crippen LogP contribution in [0.5, 0.6) is 0 Å². The summed E-state index contributed by atoms with van der Waals surface area (Å²) in [6.07, 6.45) is 5.07. The van der Waals surface area contributed by atoms with E-state index in [1.54, 1.807) is 6.20 Å². The van der Waals surface area contributed by atoms with E-state index >= 15 is 0 Å². The first kappa shape index (κ1) is 32.1. The summed E-state index contributed by atoms with van der Waals surface area (Å²) in [5.41, 5.74) is 9.40. The maximum Gasteiger partial charge on any atom is 0.0160 e. The number of benzene rings is 4. The van der Waals surface area contributed by atoms with Crippen molar-refractivity contribution in [1.29, 1.82) is 0 Å². The molecule has 0 saturated carbocycles. The second kappa shape index (κ2) is 13.1. The van der Waals surface area contributed by atoms with Gasteiger partial charge in [0, 0.05) is 26.3 Å². The molecule has 0 N–H and O–H groups in total. The standard InChI is InChI=1S/C30H29GeN2.C11H8N.Ir/c1-19(2)15-21-17-27(32-18-26(21)31(3,4)5)20-13-14-29-25(16-20)24-11-8-10-23-22-9-6-7-12-28(22)33(29)30(23)24;1-2-6-10(7-3-1)11-8-4-5-9-12-11;/h6-12,14,16-19H,15H2,1-5H3;1-6,8-9H;/q2*-1;. The van der Waals surface area contributed by atoms with Crippen molar-refractivity contribution >= 4 is 55.8 Å². The molecule has 0 spiro atoms. The SMILES string of the molecule is CC(C)Cc1cc(-c2[c-]cc3c(c2)c2cccc4c5ccccc5n3c24)nc[c]1[Ge]([CH3])([CH3])[CH3].[Ir].[c-]1ccccc1-c1ccccn1. The van der Waals surface area contributed by atoms with E-state index in [-0.39, 0.29) is 20.1 Å². The molecule has 231 valence electrons. The Balaban J connectivity index is 0.000000241. The van der Waals surface area contributed by atoms with Gasteiger partial charge in [0.25, 0.3) is 0 Å². The Bertz CT molecular complexity index is 2210. The molecule has 1 radical (unpaired) electrons.